The summed E-state index contributed by atoms with van der Waals surface area (Å²) in [6, 6.07) is 17.7. The molecule has 2 heteroatoms. The molecule has 2 nitrogen and oxygen atoms in total. The number of rotatable bonds is 5. The molecule has 0 N–H and O–H groups in total. The second-order valence-corrected chi connectivity index (χ2v) is 4.83. The summed E-state index contributed by atoms with van der Waals surface area (Å²) in [5.74, 6) is 0.0359. The maximum absolute atomic E-state index is 12.5. The molecule has 2 rings (SSSR count). The van der Waals surface area contributed by atoms with Gasteiger partial charge in [0.25, 0.3) is 5.91 Å². The van der Waals surface area contributed by atoms with Crippen LogP contribution in [0.4, 0.5) is 0 Å². The smallest absolute Gasteiger partial charge is 0.254 e. The summed E-state index contributed by atoms with van der Waals surface area (Å²) in [5, 5.41) is 0. The minimum Gasteiger partial charge on any atom is -0.331 e. The molecule has 0 heterocycles. The van der Waals surface area contributed by atoms with Gasteiger partial charge in [-0.3, -0.25) is 4.79 Å². The number of carbonyl (C=O) groups excluding carboxylic acids is 1. The molecule has 0 atom stereocenters. The highest BCUT2D eigenvalue weighted by Gasteiger charge is 2.14. The van der Waals surface area contributed by atoms with E-state index in [2.05, 4.69) is 6.58 Å². The number of aryl methyl sites for hydroxylation is 1. The number of hydrogen-bond acceptors (Lipinski definition) is 1. The van der Waals surface area contributed by atoms with Crippen LogP contribution in [0.15, 0.2) is 67.3 Å². The van der Waals surface area contributed by atoms with E-state index in [4.69, 9.17) is 0 Å². The Bertz CT molecular complexity index is 572. The highest BCUT2D eigenvalue weighted by Crippen LogP contribution is 2.11. The molecular weight excluding hydrogens is 246 g/mol. The molecule has 2 aromatic carbocycles. The molecule has 0 aliphatic rings. The maximum Gasteiger partial charge on any atom is 0.254 e. The lowest BCUT2D eigenvalue weighted by Crippen LogP contribution is -2.30. The summed E-state index contributed by atoms with van der Waals surface area (Å²) < 4.78 is 0. The van der Waals surface area contributed by atoms with Crippen molar-refractivity contribution in [3.8, 4) is 0 Å². The minimum absolute atomic E-state index is 0.0359. The second kappa shape index (κ2) is 6.71. The van der Waals surface area contributed by atoms with Crippen LogP contribution in [0.3, 0.4) is 0 Å². The topological polar surface area (TPSA) is 20.3 Å². The van der Waals surface area contributed by atoms with E-state index < -0.39 is 0 Å². The third kappa shape index (κ3) is 3.58. The third-order valence-corrected chi connectivity index (χ3v) is 3.15. The number of amides is 1. The van der Waals surface area contributed by atoms with E-state index in [9.17, 15) is 4.79 Å². The molecule has 0 spiro atoms. The largest absolute Gasteiger partial charge is 0.331 e. The van der Waals surface area contributed by atoms with Gasteiger partial charge in [0.1, 0.15) is 0 Å². The van der Waals surface area contributed by atoms with Gasteiger partial charge in [0, 0.05) is 18.7 Å². The Labute approximate surface area is 120 Å². The van der Waals surface area contributed by atoms with Crippen LogP contribution in [0, 0.1) is 6.92 Å². The Balaban J connectivity index is 2.17. The Hall–Kier alpha value is -2.35. The van der Waals surface area contributed by atoms with Crippen LogP contribution in [-0.4, -0.2) is 17.4 Å². The van der Waals surface area contributed by atoms with Crippen LogP contribution >= 0.6 is 0 Å². The predicted molar refractivity (Wildman–Crippen MR) is 82.6 cm³/mol. The number of benzene rings is 2. The van der Waals surface area contributed by atoms with Gasteiger partial charge in [-0.05, 0) is 24.6 Å². The normalized spacial score (nSPS) is 10.1. The zero-order valence-corrected chi connectivity index (χ0v) is 11.8. The summed E-state index contributed by atoms with van der Waals surface area (Å²) in [5.41, 5.74) is 2.99. The van der Waals surface area contributed by atoms with Gasteiger partial charge in [-0.2, -0.15) is 0 Å². The fourth-order valence-electron chi connectivity index (χ4n) is 2.06. The van der Waals surface area contributed by atoms with Crippen LogP contribution in [-0.2, 0) is 6.54 Å². The summed E-state index contributed by atoms with van der Waals surface area (Å²) in [4.78, 5) is 14.3. The van der Waals surface area contributed by atoms with Gasteiger partial charge in [-0.1, -0.05) is 54.1 Å². The van der Waals surface area contributed by atoms with Crippen molar-refractivity contribution in [1.82, 2.24) is 4.90 Å². The van der Waals surface area contributed by atoms with Crippen molar-refractivity contribution in [2.75, 3.05) is 6.54 Å². The molecule has 0 bridgehead atoms. The van der Waals surface area contributed by atoms with Crippen LogP contribution in [0.25, 0.3) is 0 Å². The molecule has 0 aliphatic heterocycles. The molecule has 0 saturated carbocycles. The number of nitrogens with zero attached hydrogens (tertiary/aromatic N) is 1. The number of carbonyl (C=O) groups is 1. The average Bonchev–Trinajstić information content (AvgIpc) is 2.48. The van der Waals surface area contributed by atoms with Gasteiger partial charge in [-0.15, -0.1) is 6.58 Å². The molecule has 20 heavy (non-hydrogen) atoms. The molecule has 0 aliphatic carbocycles. The van der Waals surface area contributed by atoms with Gasteiger partial charge >= 0.3 is 0 Å². The van der Waals surface area contributed by atoms with Crippen molar-refractivity contribution in [3.63, 3.8) is 0 Å². The average molecular weight is 265 g/mol. The van der Waals surface area contributed by atoms with Crippen molar-refractivity contribution < 1.29 is 4.79 Å². The Kier molecular flexibility index (Phi) is 4.72. The lowest BCUT2D eigenvalue weighted by atomic mass is 10.1. The van der Waals surface area contributed by atoms with E-state index in [1.54, 1.807) is 11.0 Å². The lowest BCUT2D eigenvalue weighted by molar-refractivity contribution is 0.0762. The van der Waals surface area contributed by atoms with Gasteiger partial charge < -0.3 is 4.90 Å². The molecule has 0 unspecified atom stereocenters. The van der Waals surface area contributed by atoms with Crippen LogP contribution < -0.4 is 0 Å². The van der Waals surface area contributed by atoms with Crippen molar-refractivity contribution in [2.45, 2.75) is 13.5 Å². The van der Waals surface area contributed by atoms with Gasteiger partial charge in [0.15, 0.2) is 0 Å². The predicted octanol–water partition coefficient (Wildman–Crippen LogP) is 3.82. The quantitative estimate of drug-likeness (QED) is 0.752. The molecule has 102 valence electrons. The Morgan fingerprint density at radius 3 is 2.35 bits per heavy atom. The first-order valence-electron chi connectivity index (χ1n) is 6.71. The first-order chi connectivity index (χ1) is 9.70. The monoisotopic (exact) mass is 265 g/mol. The standard InChI is InChI=1S/C18H19NO/c1-3-13-19(14-16-7-5-4-6-8-16)18(20)17-11-9-15(2)10-12-17/h3-12H,1,13-14H2,2H3. The van der Waals surface area contributed by atoms with Crippen LogP contribution in [0.5, 0.6) is 0 Å². The number of hydrogen-bond donors (Lipinski definition) is 0. The molecule has 0 radical (unpaired) electrons. The first-order valence-corrected chi connectivity index (χ1v) is 6.71. The zero-order chi connectivity index (χ0) is 14.4. The van der Waals surface area contributed by atoms with Gasteiger partial charge in [-0.25, -0.2) is 0 Å². The molecule has 0 saturated heterocycles. The van der Waals surface area contributed by atoms with Crippen molar-refractivity contribution >= 4 is 5.91 Å². The first kappa shape index (κ1) is 14.1. The molecule has 0 fully saturated rings. The van der Waals surface area contributed by atoms with Crippen molar-refractivity contribution in [2.24, 2.45) is 0 Å². The van der Waals surface area contributed by atoms with Crippen molar-refractivity contribution in [1.29, 1.82) is 0 Å². The van der Waals surface area contributed by atoms with E-state index >= 15 is 0 Å². The summed E-state index contributed by atoms with van der Waals surface area (Å²) in [7, 11) is 0. The van der Waals surface area contributed by atoms with Crippen LogP contribution in [0.2, 0.25) is 0 Å². The van der Waals surface area contributed by atoms with Crippen LogP contribution in [0.1, 0.15) is 21.5 Å². The molecular formula is C18H19NO. The van der Waals surface area contributed by atoms with E-state index in [0.717, 1.165) is 11.1 Å². The zero-order valence-electron chi connectivity index (χ0n) is 11.8. The molecule has 1 amide bonds. The van der Waals surface area contributed by atoms with Gasteiger partial charge in [0.05, 0.1) is 0 Å². The van der Waals surface area contributed by atoms with E-state index in [-0.39, 0.29) is 5.91 Å². The summed E-state index contributed by atoms with van der Waals surface area (Å²) in [6.45, 7) is 6.89. The maximum atomic E-state index is 12.5. The molecule has 0 aromatic heterocycles. The Morgan fingerprint density at radius 1 is 1.10 bits per heavy atom. The summed E-state index contributed by atoms with van der Waals surface area (Å²) >= 11 is 0. The SMILES string of the molecule is C=CCN(Cc1ccccc1)C(=O)c1ccc(C)cc1. The summed E-state index contributed by atoms with van der Waals surface area (Å²) in [6.07, 6.45) is 1.76. The van der Waals surface area contributed by atoms with Gasteiger partial charge in [0.2, 0.25) is 0 Å². The minimum atomic E-state index is 0.0359. The van der Waals surface area contributed by atoms with E-state index in [1.807, 2.05) is 61.5 Å². The fraction of sp³-hybridized carbons (Fsp3) is 0.167. The van der Waals surface area contributed by atoms with Crippen molar-refractivity contribution in [3.05, 3.63) is 83.9 Å². The van der Waals surface area contributed by atoms with E-state index in [0.29, 0.717) is 18.7 Å². The molecule has 2 aromatic rings. The fourth-order valence-corrected chi connectivity index (χ4v) is 2.06. The highest BCUT2D eigenvalue weighted by molar-refractivity contribution is 5.94. The highest BCUT2D eigenvalue weighted by atomic mass is 16.2. The lowest BCUT2D eigenvalue weighted by Gasteiger charge is -2.21. The Morgan fingerprint density at radius 2 is 1.75 bits per heavy atom. The third-order valence-electron chi connectivity index (χ3n) is 3.15. The second-order valence-electron chi connectivity index (χ2n) is 4.83. The van der Waals surface area contributed by atoms with E-state index in [1.165, 1.54) is 0 Å².